The first-order chi connectivity index (χ1) is 20.0. The molecule has 0 aliphatic heterocycles. The molecule has 2 aromatic carbocycles. The molecule has 14 heteroatoms. The number of carbonyl (C=O) groups excluding carboxylic acids is 3. The number of H-pyrrole nitrogens is 1. The van der Waals surface area contributed by atoms with E-state index in [4.69, 9.17) is 10.8 Å². The third-order valence-corrected chi connectivity index (χ3v) is 6.54. The quantitative estimate of drug-likeness (QED) is 0.110. The molecule has 3 aromatic rings. The maximum absolute atomic E-state index is 13.0. The molecule has 4 unspecified atom stereocenters. The largest absolute Gasteiger partial charge is 0.508 e. The molecule has 0 spiro atoms. The van der Waals surface area contributed by atoms with Crippen LogP contribution in [0.25, 0.3) is 10.9 Å². The normalized spacial score (nSPS) is 13.9. The van der Waals surface area contributed by atoms with E-state index in [0.29, 0.717) is 11.1 Å². The van der Waals surface area contributed by atoms with Gasteiger partial charge in [0.25, 0.3) is 0 Å². The van der Waals surface area contributed by atoms with Crippen molar-refractivity contribution in [3.63, 3.8) is 0 Å². The van der Waals surface area contributed by atoms with Crippen molar-refractivity contribution in [1.82, 2.24) is 20.9 Å². The molecule has 0 saturated carbocycles. The predicted molar refractivity (Wildman–Crippen MR) is 149 cm³/mol. The molecular formula is C28H33N5O9. The molecule has 1 aromatic heterocycles. The summed E-state index contributed by atoms with van der Waals surface area (Å²) in [6, 6.07) is 7.58. The molecule has 4 atom stereocenters. The van der Waals surface area contributed by atoms with Crippen molar-refractivity contribution in [3.05, 3.63) is 65.9 Å². The number of amides is 3. The average molecular weight is 584 g/mol. The number of hydrogen-bond acceptors (Lipinski definition) is 8. The fourth-order valence-corrected chi connectivity index (χ4v) is 4.25. The Morgan fingerprint density at radius 2 is 1.43 bits per heavy atom. The Labute approximate surface area is 239 Å². The number of fused-ring (bicyclic) bond motifs is 1. The summed E-state index contributed by atoms with van der Waals surface area (Å²) in [5.41, 5.74) is 7.99. The summed E-state index contributed by atoms with van der Waals surface area (Å²) in [6.07, 6.45) is 0.728. The average Bonchev–Trinajstić information content (AvgIpc) is 3.36. The number of aliphatic carboxylic acids is 2. The number of carboxylic acid groups (broad SMARTS) is 2. The van der Waals surface area contributed by atoms with Crippen LogP contribution >= 0.6 is 0 Å². The summed E-state index contributed by atoms with van der Waals surface area (Å²) in [5.74, 6) is -5.30. The first-order valence-corrected chi connectivity index (χ1v) is 13.0. The van der Waals surface area contributed by atoms with Crippen molar-refractivity contribution in [1.29, 1.82) is 0 Å². The van der Waals surface area contributed by atoms with E-state index in [1.54, 1.807) is 30.5 Å². The molecular weight excluding hydrogens is 550 g/mol. The van der Waals surface area contributed by atoms with Gasteiger partial charge in [-0.15, -0.1) is 0 Å². The molecule has 224 valence electrons. The van der Waals surface area contributed by atoms with Crippen molar-refractivity contribution >= 4 is 40.6 Å². The zero-order valence-corrected chi connectivity index (χ0v) is 22.4. The second-order valence-electron chi connectivity index (χ2n) is 9.68. The van der Waals surface area contributed by atoms with E-state index in [1.165, 1.54) is 12.1 Å². The van der Waals surface area contributed by atoms with E-state index in [0.717, 1.165) is 10.9 Å². The highest BCUT2D eigenvalue weighted by atomic mass is 16.4. The summed E-state index contributed by atoms with van der Waals surface area (Å²) in [4.78, 5) is 64.7. The lowest BCUT2D eigenvalue weighted by molar-refractivity contribution is -0.142. The molecule has 3 rings (SSSR count). The zero-order valence-electron chi connectivity index (χ0n) is 22.4. The lowest BCUT2D eigenvalue weighted by Crippen LogP contribution is -2.58. The lowest BCUT2D eigenvalue weighted by Gasteiger charge is -2.24. The van der Waals surface area contributed by atoms with E-state index in [2.05, 4.69) is 20.9 Å². The Morgan fingerprint density at radius 3 is 2.07 bits per heavy atom. The number of benzene rings is 2. The maximum Gasteiger partial charge on any atom is 0.326 e. The number of phenols is 1. The third kappa shape index (κ3) is 8.78. The second-order valence-corrected chi connectivity index (χ2v) is 9.68. The van der Waals surface area contributed by atoms with Crippen LogP contribution in [0.4, 0.5) is 0 Å². The van der Waals surface area contributed by atoms with Crippen molar-refractivity contribution < 1.29 is 44.4 Å². The number of para-hydroxylation sites is 1. The first kappa shape index (κ1) is 31.6. The molecule has 0 saturated heterocycles. The number of hydrogen-bond donors (Lipinski definition) is 9. The minimum absolute atomic E-state index is 0.0253. The summed E-state index contributed by atoms with van der Waals surface area (Å²) < 4.78 is 0. The second kappa shape index (κ2) is 14.6. The Bertz CT molecular complexity index is 1420. The van der Waals surface area contributed by atoms with Gasteiger partial charge in [0.2, 0.25) is 17.7 Å². The number of nitrogens with one attached hydrogen (secondary N) is 4. The number of aromatic nitrogens is 1. The van der Waals surface area contributed by atoms with Crippen LogP contribution in [-0.4, -0.2) is 85.8 Å². The van der Waals surface area contributed by atoms with Crippen LogP contribution < -0.4 is 21.7 Å². The fourth-order valence-electron chi connectivity index (χ4n) is 4.25. The Hall–Kier alpha value is -4.95. The van der Waals surface area contributed by atoms with Gasteiger partial charge in [0.15, 0.2) is 0 Å². The molecule has 0 bridgehead atoms. The van der Waals surface area contributed by atoms with Gasteiger partial charge in [0, 0.05) is 29.9 Å². The molecule has 10 N–H and O–H groups in total. The first-order valence-electron chi connectivity index (χ1n) is 13.0. The van der Waals surface area contributed by atoms with E-state index in [-0.39, 0.29) is 25.0 Å². The molecule has 0 aliphatic carbocycles. The van der Waals surface area contributed by atoms with E-state index in [1.807, 2.05) is 12.1 Å². The highest BCUT2D eigenvalue weighted by Crippen LogP contribution is 2.19. The van der Waals surface area contributed by atoms with Gasteiger partial charge < -0.3 is 47.1 Å². The number of carbonyl (C=O) groups is 5. The minimum Gasteiger partial charge on any atom is -0.508 e. The zero-order chi connectivity index (χ0) is 30.8. The smallest absolute Gasteiger partial charge is 0.326 e. The van der Waals surface area contributed by atoms with Crippen LogP contribution in [0.2, 0.25) is 0 Å². The molecule has 14 nitrogen and oxygen atoms in total. The van der Waals surface area contributed by atoms with Crippen molar-refractivity contribution in [2.75, 3.05) is 6.61 Å². The van der Waals surface area contributed by atoms with Crippen molar-refractivity contribution in [2.45, 2.75) is 49.9 Å². The summed E-state index contributed by atoms with van der Waals surface area (Å²) in [7, 11) is 0. The summed E-state index contributed by atoms with van der Waals surface area (Å²) >= 11 is 0. The van der Waals surface area contributed by atoms with Gasteiger partial charge >= 0.3 is 11.9 Å². The molecule has 0 fully saturated rings. The van der Waals surface area contributed by atoms with Gasteiger partial charge in [0.1, 0.15) is 23.9 Å². The Balaban J connectivity index is 1.66. The topological polar surface area (TPSA) is 244 Å². The van der Waals surface area contributed by atoms with Gasteiger partial charge in [-0.25, -0.2) is 4.79 Å². The van der Waals surface area contributed by atoms with E-state index < -0.39 is 66.9 Å². The number of nitrogens with two attached hydrogens (primary N) is 1. The molecule has 1 heterocycles. The summed E-state index contributed by atoms with van der Waals surface area (Å²) in [6.45, 7) is -0.906. The monoisotopic (exact) mass is 583 g/mol. The third-order valence-electron chi connectivity index (χ3n) is 6.54. The fraction of sp³-hybridized carbons (Fsp3) is 0.321. The molecule has 3 amide bonds. The van der Waals surface area contributed by atoms with Crippen LogP contribution in [0.5, 0.6) is 5.75 Å². The van der Waals surface area contributed by atoms with Crippen LogP contribution in [0.1, 0.15) is 24.0 Å². The van der Waals surface area contributed by atoms with Crippen LogP contribution in [0, 0.1) is 0 Å². The van der Waals surface area contributed by atoms with Crippen molar-refractivity contribution in [2.24, 2.45) is 5.73 Å². The van der Waals surface area contributed by atoms with Gasteiger partial charge in [-0.2, -0.15) is 0 Å². The minimum atomic E-state index is -1.60. The lowest BCUT2D eigenvalue weighted by atomic mass is 10.0. The predicted octanol–water partition coefficient (Wildman–Crippen LogP) is -0.618. The Kier molecular flexibility index (Phi) is 11.0. The Morgan fingerprint density at radius 1 is 0.810 bits per heavy atom. The summed E-state index contributed by atoms with van der Waals surface area (Å²) in [5, 5.41) is 45.7. The SMILES string of the molecule is NC(Cc1ccc(O)cc1)C(=O)NC(CCC(=O)O)C(=O)NC(CO)C(=O)NC(Cc1c[nH]c2ccccc12)C(=O)O. The van der Waals surface area contributed by atoms with Crippen molar-refractivity contribution in [3.8, 4) is 5.75 Å². The van der Waals surface area contributed by atoms with Gasteiger partial charge in [-0.05, 0) is 42.2 Å². The highest BCUT2D eigenvalue weighted by Gasteiger charge is 2.31. The van der Waals surface area contributed by atoms with Gasteiger partial charge in [0.05, 0.1) is 12.6 Å². The highest BCUT2D eigenvalue weighted by molar-refractivity contribution is 5.94. The standard InChI is InChI=1S/C28H33N5O9/c29-19(11-15-5-7-17(35)8-6-15)25(38)31-21(9-10-24(36)37)26(39)33-23(14-34)27(40)32-22(28(41)42)12-16-13-30-20-4-2-1-3-18(16)20/h1-8,13,19,21-23,30,34-35H,9-12,14,29H2,(H,31,38)(H,32,40)(H,33,39)(H,36,37)(H,41,42). The molecule has 0 aliphatic rings. The number of aliphatic hydroxyl groups is 1. The number of aliphatic hydroxyl groups excluding tert-OH is 1. The maximum atomic E-state index is 13.0. The number of carboxylic acids is 2. The van der Waals surface area contributed by atoms with Crippen LogP contribution in [0.3, 0.4) is 0 Å². The van der Waals surface area contributed by atoms with Gasteiger partial charge in [-0.1, -0.05) is 30.3 Å². The molecule has 0 radical (unpaired) electrons. The number of aromatic amines is 1. The number of aromatic hydroxyl groups is 1. The van der Waals surface area contributed by atoms with E-state index >= 15 is 0 Å². The van der Waals surface area contributed by atoms with Gasteiger partial charge in [-0.3, -0.25) is 19.2 Å². The molecule has 42 heavy (non-hydrogen) atoms. The van der Waals surface area contributed by atoms with E-state index in [9.17, 15) is 39.3 Å². The van der Waals surface area contributed by atoms with Crippen LogP contribution in [0.15, 0.2) is 54.7 Å². The van der Waals surface area contributed by atoms with Crippen LogP contribution in [-0.2, 0) is 36.8 Å². The number of phenolic OH excluding ortho intramolecular Hbond substituents is 1. The number of rotatable bonds is 15.